The average molecular weight is 405 g/mol. The van der Waals surface area contributed by atoms with Crippen molar-refractivity contribution in [2.24, 2.45) is 5.41 Å². The van der Waals surface area contributed by atoms with Crippen molar-refractivity contribution in [3.8, 4) is 11.5 Å². The van der Waals surface area contributed by atoms with Gasteiger partial charge in [-0.3, -0.25) is 9.59 Å². The molecule has 7 heteroatoms. The van der Waals surface area contributed by atoms with Crippen LogP contribution in [0, 0.1) is 5.41 Å². The molecule has 0 bridgehead atoms. The molecule has 1 saturated carbocycles. The number of rotatable bonds is 8. The zero-order chi connectivity index (χ0) is 20.9. The van der Waals surface area contributed by atoms with Gasteiger partial charge in [-0.05, 0) is 25.3 Å². The van der Waals surface area contributed by atoms with Gasteiger partial charge in [-0.15, -0.1) is 0 Å². The fourth-order valence-corrected chi connectivity index (χ4v) is 4.91. The van der Waals surface area contributed by atoms with Crippen LogP contribution in [0.25, 0.3) is 0 Å². The molecule has 2 fully saturated rings. The second-order valence-corrected chi connectivity index (χ2v) is 7.83. The third kappa shape index (κ3) is 4.20. The molecule has 2 amide bonds. The zero-order valence-corrected chi connectivity index (χ0v) is 17.7. The van der Waals surface area contributed by atoms with Crippen molar-refractivity contribution in [2.45, 2.75) is 51.1 Å². The van der Waals surface area contributed by atoms with Gasteiger partial charge in [0.15, 0.2) is 11.5 Å². The summed E-state index contributed by atoms with van der Waals surface area (Å²) in [4.78, 5) is 27.9. The number of para-hydroxylation sites is 1. The summed E-state index contributed by atoms with van der Waals surface area (Å²) < 4.78 is 16.0. The molecule has 1 aliphatic carbocycles. The van der Waals surface area contributed by atoms with Crippen LogP contribution in [0.1, 0.15) is 44.1 Å². The Kier molecular flexibility index (Phi) is 7.00. The van der Waals surface area contributed by atoms with Gasteiger partial charge < -0.3 is 24.4 Å². The van der Waals surface area contributed by atoms with E-state index in [0.717, 1.165) is 31.2 Å². The summed E-state index contributed by atoms with van der Waals surface area (Å²) in [6.07, 6.45) is 4.76. The van der Waals surface area contributed by atoms with Crippen LogP contribution >= 0.6 is 0 Å². The minimum Gasteiger partial charge on any atom is -0.493 e. The summed E-state index contributed by atoms with van der Waals surface area (Å²) in [7, 11) is 4.83. The Morgan fingerprint density at radius 3 is 2.76 bits per heavy atom. The number of hydrogen-bond acceptors (Lipinski definition) is 5. The average Bonchev–Trinajstić information content (AvgIpc) is 2.76. The maximum atomic E-state index is 13.5. The van der Waals surface area contributed by atoms with Gasteiger partial charge in [0.1, 0.15) is 0 Å². The van der Waals surface area contributed by atoms with Crippen molar-refractivity contribution in [3.05, 3.63) is 23.8 Å². The van der Waals surface area contributed by atoms with Crippen molar-refractivity contribution in [2.75, 3.05) is 34.5 Å². The molecular formula is C22H32N2O5. The maximum Gasteiger partial charge on any atom is 0.228 e. The Morgan fingerprint density at radius 1 is 1.21 bits per heavy atom. The lowest BCUT2D eigenvalue weighted by Crippen LogP contribution is -2.62. The van der Waals surface area contributed by atoms with Crippen molar-refractivity contribution in [1.29, 1.82) is 0 Å². The molecule has 0 unspecified atom stereocenters. The van der Waals surface area contributed by atoms with Gasteiger partial charge in [0.25, 0.3) is 0 Å². The highest BCUT2D eigenvalue weighted by molar-refractivity contribution is 5.88. The quantitative estimate of drug-likeness (QED) is 0.720. The van der Waals surface area contributed by atoms with Crippen LogP contribution in [0.4, 0.5) is 0 Å². The number of nitrogens with zero attached hydrogens (tertiary/aromatic N) is 1. The van der Waals surface area contributed by atoms with Crippen molar-refractivity contribution in [1.82, 2.24) is 10.2 Å². The predicted molar refractivity (Wildman–Crippen MR) is 109 cm³/mol. The molecule has 0 radical (unpaired) electrons. The SMILES string of the molecule is COCCN1C(=O)CC[C@]2(C(=O)NCc3cccc(OC)c3OC)CCCC[C@@H]12. The van der Waals surface area contributed by atoms with E-state index in [1.807, 2.05) is 23.1 Å². The molecule has 1 heterocycles. The molecule has 1 aromatic rings. The van der Waals surface area contributed by atoms with E-state index in [4.69, 9.17) is 14.2 Å². The van der Waals surface area contributed by atoms with E-state index >= 15 is 0 Å². The maximum absolute atomic E-state index is 13.5. The lowest BCUT2D eigenvalue weighted by atomic mass is 9.64. The third-order valence-electron chi connectivity index (χ3n) is 6.38. The monoisotopic (exact) mass is 404 g/mol. The normalized spacial score (nSPS) is 24.0. The molecule has 160 valence electrons. The first-order valence-electron chi connectivity index (χ1n) is 10.3. The Balaban J connectivity index is 1.78. The van der Waals surface area contributed by atoms with Gasteiger partial charge in [-0.25, -0.2) is 0 Å². The third-order valence-corrected chi connectivity index (χ3v) is 6.38. The Morgan fingerprint density at radius 2 is 2.03 bits per heavy atom. The summed E-state index contributed by atoms with van der Waals surface area (Å²) in [5.74, 6) is 1.43. The molecule has 0 aromatic heterocycles. The van der Waals surface area contributed by atoms with E-state index in [-0.39, 0.29) is 17.9 Å². The van der Waals surface area contributed by atoms with E-state index in [1.54, 1.807) is 21.3 Å². The topological polar surface area (TPSA) is 77.1 Å². The smallest absolute Gasteiger partial charge is 0.228 e. The Bertz CT molecular complexity index is 738. The fourth-order valence-electron chi connectivity index (χ4n) is 4.91. The molecule has 29 heavy (non-hydrogen) atoms. The number of methoxy groups -OCH3 is 3. The van der Waals surface area contributed by atoms with Crippen molar-refractivity contribution in [3.63, 3.8) is 0 Å². The first-order valence-corrected chi connectivity index (χ1v) is 10.3. The molecule has 2 atom stereocenters. The molecule has 1 saturated heterocycles. The summed E-state index contributed by atoms with van der Waals surface area (Å²) in [5.41, 5.74) is 0.346. The van der Waals surface area contributed by atoms with E-state index < -0.39 is 5.41 Å². The number of ether oxygens (including phenoxy) is 3. The second kappa shape index (κ2) is 9.48. The van der Waals surface area contributed by atoms with E-state index in [0.29, 0.717) is 44.0 Å². The van der Waals surface area contributed by atoms with Gasteiger partial charge in [0, 0.05) is 38.2 Å². The van der Waals surface area contributed by atoms with Crippen LogP contribution in [-0.4, -0.2) is 57.2 Å². The summed E-state index contributed by atoms with van der Waals surface area (Å²) >= 11 is 0. The van der Waals surface area contributed by atoms with Crippen LogP contribution in [0.2, 0.25) is 0 Å². The molecule has 2 aliphatic rings. The van der Waals surface area contributed by atoms with Gasteiger partial charge >= 0.3 is 0 Å². The number of nitrogens with one attached hydrogen (secondary N) is 1. The van der Waals surface area contributed by atoms with Crippen LogP contribution < -0.4 is 14.8 Å². The minimum atomic E-state index is -0.522. The molecule has 1 aromatic carbocycles. The van der Waals surface area contributed by atoms with Crippen LogP contribution in [0.5, 0.6) is 11.5 Å². The van der Waals surface area contributed by atoms with Crippen LogP contribution in [0.15, 0.2) is 18.2 Å². The molecule has 7 nitrogen and oxygen atoms in total. The van der Waals surface area contributed by atoms with Gasteiger partial charge in [0.2, 0.25) is 11.8 Å². The van der Waals surface area contributed by atoms with Gasteiger partial charge in [-0.1, -0.05) is 25.0 Å². The number of carbonyl (C=O) groups excluding carboxylic acids is 2. The largest absolute Gasteiger partial charge is 0.493 e. The Hall–Kier alpha value is -2.28. The van der Waals surface area contributed by atoms with Crippen LogP contribution in [-0.2, 0) is 20.9 Å². The molecule has 1 aliphatic heterocycles. The number of fused-ring (bicyclic) bond motifs is 1. The minimum absolute atomic E-state index is 0.0296. The molecule has 1 N–H and O–H groups in total. The van der Waals surface area contributed by atoms with E-state index in [1.165, 1.54) is 0 Å². The number of benzene rings is 1. The fraction of sp³-hybridized carbons (Fsp3) is 0.636. The second-order valence-electron chi connectivity index (χ2n) is 7.83. The highest BCUT2D eigenvalue weighted by atomic mass is 16.5. The summed E-state index contributed by atoms with van der Waals surface area (Å²) in [6.45, 7) is 1.39. The van der Waals surface area contributed by atoms with Gasteiger partial charge in [0.05, 0.1) is 26.2 Å². The number of piperidine rings is 1. The van der Waals surface area contributed by atoms with E-state index in [9.17, 15) is 9.59 Å². The molecule has 0 spiro atoms. The molecule has 3 rings (SSSR count). The lowest BCUT2D eigenvalue weighted by Gasteiger charge is -2.51. The molecular weight excluding hydrogens is 372 g/mol. The van der Waals surface area contributed by atoms with E-state index in [2.05, 4.69) is 5.32 Å². The van der Waals surface area contributed by atoms with Crippen molar-refractivity contribution >= 4 is 11.8 Å². The van der Waals surface area contributed by atoms with Crippen molar-refractivity contribution < 1.29 is 23.8 Å². The number of likely N-dealkylation sites (tertiary alicyclic amines) is 1. The summed E-state index contributed by atoms with van der Waals surface area (Å²) in [5, 5.41) is 3.13. The number of carbonyl (C=O) groups is 2. The highest BCUT2D eigenvalue weighted by Crippen LogP contribution is 2.46. The predicted octanol–water partition coefficient (Wildman–Crippen LogP) is 2.52. The summed E-state index contributed by atoms with van der Waals surface area (Å²) in [6, 6.07) is 5.59. The number of amides is 2. The number of hydrogen-bond donors (Lipinski definition) is 1. The van der Waals surface area contributed by atoms with Gasteiger partial charge in [-0.2, -0.15) is 0 Å². The zero-order valence-electron chi connectivity index (χ0n) is 17.7. The lowest BCUT2D eigenvalue weighted by molar-refractivity contribution is -0.156. The highest BCUT2D eigenvalue weighted by Gasteiger charge is 2.52. The first kappa shape index (κ1) is 21.4. The standard InChI is InChI=1S/C22H32N2O5/c1-27-14-13-24-18-9-4-5-11-22(18,12-10-19(24)25)21(26)23-15-16-7-6-8-17(28-2)20(16)29-3/h6-8,18H,4-5,9-15H2,1-3H3,(H,23,26)/t18-,22-/m1/s1. The first-order chi connectivity index (χ1) is 14.1. The Labute approximate surface area is 172 Å². The van der Waals surface area contributed by atoms with Crippen LogP contribution in [0.3, 0.4) is 0 Å².